The van der Waals surface area contributed by atoms with Crippen LogP contribution >= 0.6 is 22.9 Å². The quantitative estimate of drug-likeness (QED) is 0.680. The second kappa shape index (κ2) is 7.34. The fraction of sp³-hybridized carbons (Fsp3) is 0.176. The van der Waals surface area contributed by atoms with Crippen LogP contribution in [0.25, 0.3) is 10.2 Å². The van der Waals surface area contributed by atoms with Gasteiger partial charge in [0.2, 0.25) is 15.9 Å². The van der Waals surface area contributed by atoms with Crippen molar-refractivity contribution >= 4 is 60.5 Å². The molecule has 0 atom stereocenters. The zero-order valence-electron chi connectivity index (χ0n) is 14.5. The van der Waals surface area contributed by atoms with Crippen LogP contribution in [0.15, 0.2) is 47.3 Å². The second-order valence-corrected chi connectivity index (χ2v) is 9.24. The number of fused-ring (bicyclic) bond motifs is 1. The van der Waals surface area contributed by atoms with Crippen LogP contribution in [0.3, 0.4) is 0 Å². The van der Waals surface area contributed by atoms with E-state index in [4.69, 9.17) is 11.6 Å². The van der Waals surface area contributed by atoms with E-state index >= 15 is 0 Å². The Kier molecular flexibility index (Phi) is 5.27. The number of halogens is 1. The lowest BCUT2D eigenvalue weighted by atomic mass is 10.3. The molecule has 142 valence electrons. The van der Waals surface area contributed by atoms with Gasteiger partial charge in [0.05, 0.1) is 22.2 Å². The minimum absolute atomic E-state index is 0.0977. The summed E-state index contributed by atoms with van der Waals surface area (Å²) in [7, 11) is -1.99. The summed E-state index contributed by atoms with van der Waals surface area (Å²) < 4.78 is 27.5. The number of amides is 1. The Balaban J connectivity index is 1.82. The van der Waals surface area contributed by atoms with Crippen molar-refractivity contribution < 1.29 is 13.2 Å². The van der Waals surface area contributed by atoms with Crippen LogP contribution in [0, 0.1) is 0 Å². The number of hydrogen-bond donors (Lipinski definition) is 1. The Labute approximate surface area is 164 Å². The molecule has 0 aliphatic rings. The predicted octanol–water partition coefficient (Wildman–Crippen LogP) is 2.66. The number of thiazole rings is 1. The highest BCUT2D eigenvalue weighted by Crippen LogP contribution is 2.22. The first-order chi connectivity index (χ1) is 12.6. The maximum absolute atomic E-state index is 12.4. The number of nitrogens with one attached hydrogen (secondary N) is 1. The van der Waals surface area contributed by atoms with Crippen LogP contribution in [-0.4, -0.2) is 31.7 Å². The van der Waals surface area contributed by atoms with E-state index in [1.807, 2.05) is 0 Å². The second-order valence-electron chi connectivity index (χ2n) is 5.90. The molecular formula is C17H16ClN3O4S2. The lowest BCUT2D eigenvalue weighted by Crippen LogP contribution is -2.37. The molecule has 27 heavy (non-hydrogen) atoms. The predicted molar refractivity (Wildman–Crippen MR) is 109 cm³/mol. The van der Waals surface area contributed by atoms with Crippen molar-refractivity contribution in [2.45, 2.75) is 0 Å². The number of carbonyl (C=O) groups excluding carboxylic acids is 1. The van der Waals surface area contributed by atoms with Crippen LogP contribution in [0.1, 0.15) is 0 Å². The van der Waals surface area contributed by atoms with Crippen molar-refractivity contribution in [2.24, 2.45) is 7.05 Å². The fourth-order valence-electron chi connectivity index (χ4n) is 2.55. The Morgan fingerprint density at radius 3 is 2.52 bits per heavy atom. The Bertz CT molecular complexity index is 1170. The third-order valence-electron chi connectivity index (χ3n) is 3.88. The van der Waals surface area contributed by atoms with E-state index in [0.717, 1.165) is 32.1 Å². The third-order valence-corrected chi connectivity index (χ3v) is 6.27. The van der Waals surface area contributed by atoms with Gasteiger partial charge in [0.15, 0.2) is 0 Å². The first-order valence-electron chi connectivity index (χ1n) is 7.78. The first kappa shape index (κ1) is 19.4. The van der Waals surface area contributed by atoms with Crippen LogP contribution in [-0.2, 0) is 21.9 Å². The molecule has 0 fully saturated rings. The minimum Gasteiger partial charge on any atom is -0.324 e. The summed E-state index contributed by atoms with van der Waals surface area (Å²) in [5.74, 6) is -0.502. The number of nitrogens with zero attached hydrogens (tertiary/aromatic N) is 2. The van der Waals surface area contributed by atoms with Gasteiger partial charge in [-0.2, -0.15) is 0 Å². The Morgan fingerprint density at radius 1 is 1.22 bits per heavy atom. The van der Waals surface area contributed by atoms with E-state index < -0.39 is 15.9 Å². The Morgan fingerprint density at radius 2 is 1.89 bits per heavy atom. The highest BCUT2D eigenvalue weighted by molar-refractivity contribution is 7.92. The van der Waals surface area contributed by atoms with Crippen molar-refractivity contribution in [1.82, 2.24) is 4.57 Å². The maximum atomic E-state index is 12.4. The van der Waals surface area contributed by atoms with Crippen LogP contribution < -0.4 is 14.5 Å². The molecule has 3 rings (SSSR count). The number of rotatable bonds is 5. The summed E-state index contributed by atoms with van der Waals surface area (Å²) in [4.78, 5) is 24.0. The van der Waals surface area contributed by atoms with Crippen molar-refractivity contribution in [2.75, 3.05) is 22.4 Å². The Hall–Kier alpha value is -2.36. The number of sulfonamides is 1. The largest absolute Gasteiger partial charge is 0.324 e. The lowest BCUT2D eigenvalue weighted by Gasteiger charge is -2.22. The number of hydrogen-bond acceptors (Lipinski definition) is 5. The summed E-state index contributed by atoms with van der Waals surface area (Å²) >= 11 is 6.91. The van der Waals surface area contributed by atoms with Crippen molar-refractivity contribution in [3.8, 4) is 0 Å². The molecule has 1 aromatic heterocycles. The molecule has 0 radical (unpaired) electrons. The average Bonchev–Trinajstić information content (AvgIpc) is 2.86. The molecule has 0 saturated carbocycles. The molecule has 0 spiro atoms. The summed E-state index contributed by atoms with van der Waals surface area (Å²) in [5, 5.41) is 3.14. The maximum Gasteiger partial charge on any atom is 0.307 e. The topological polar surface area (TPSA) is 88.5 Å². The van der Waals surface area contributed by atoms with Gasteiger partial charge in [-0.3, -0.25) is 13.9 Å². The molecule has 1 amide bonds. The molecular weight excluding hydrogens is 410 g/mol. The molecule has 0 aliphatic heterocycles. The SMILES string of the molecule is Cn1c(=O)sc2cc(NC(=O)CN(c3ccc(Cl)cc3)S(C)(=O)=O)ccc21. The van der Waals surface area contributed by atoms with Gasteiger partial charge in [0, 0.05) is 17.8 Å². The molecule has 3 aromatic rings. The summed E-state index contributed by atoms with van der Waals surface area (Å²) in [6, 6.07) is 11.3. The van der Waals surface area contributed by atoms with Crippen molar-refractivity contribution in [1.29, 1.82) is 0 Å². The number of carbonyl (C=O) groups is 1. The lowest BCUT2D eigenvalue weighted by molar-refractivity contribution is -0.114. The number of aryl methyl sites for hydroxylation is 1. The standard InChI is InChI=1S/C17H16ClN3O4S2/c1-20-14-8-5-12(9-15(14)26-17(20)23)19-16(22)10-21(27(2,24)25)13-6-3-11(18)4-7-13/h3-9H,10H2,1-2H3,(H,19,22). The fourth-order valence-corrected chi connectivity index (χ4v) is 4.45. The van der Waals surface area contributed by atoms with Gasteiger partial charge >= 0.3 is 4.87 Å². The van der Waals surface area contributed by atoms with Gasteiger partial charge in [-0.15, -0.1) is 0 Å². The van der Waals surface area contributed by atoms with Gasteiger partial charge in [0.1, 0.15) is 6.54 Å². The highest BCUT2D eigenvalue weighted by Gasteiger charge is 2.21. The average molecular weight is 426 g/mol. The minimum atomic E-state index is -3.67. The van der Waals surface area contributed by atoms with Crippen LogP contribution in [0.5, 0.6) is 0 Å². The zero-order valence-corrected chi connectivity index (χ0v) is 16.9. The van der Waals surface area contributed by atoms with Crippen LogP contribution in [0.4, 0.5) is 11.4 Å². The van der Waals surface area contributed by atoms with Crippen LogP contribution in [0.2, 0.25) is 5.02 Å². The molecule has 7 nitrogen and oxygen atoms in total. The van der Waals surface area contributed by atoms with Gasteiger partial charge in [-0.05, 0) is 42.5 Å². The molecule has 0 bridgehead atoms. The summed E-state index contributed by atoms with van der Waals surface area (Å²) in [6.45, 7) is -0.385. The van der Waals surface area contributed by atoms with E-state index in [1.165, 1.54) is 16.7 Å². The van der Waals surface area contributed by atoms with Crippen molar-refractivity contribution in [3.05, 3.63) is 57.2 Å². The van der Waals surface area contributed by atoms with Gasteiger partial charge in [-0.1, -0.05) is 22.9 Å². The number of benzene rings is 2. The molecule has 0 aliphatic carbocycles. The van der Waals surface area contributed by atoms with E-state index in [0.29, 0.717) is 16.4 Å². The number of aromatic nitrogens is 1. The van der Waals surface area contributed by atoms with Crippen molar-refractivity contribution in [3.63, 3.8) is 0 Å². The van der Waals surface area contributed by atoms with E-state index in [2.05, 4.69) is 5.32 Å². The molecule has 10 heteroatoms. The van der Waals surface area contributed by atoms with E-state index in [1.54, 1.807) is 37.4 Å². The van der Waals surface area contributed by atoms with Gasteiger partial charge in [-0.25, -0.2) is 8.42 Å². The van der Waals surface area contributed by atoms with E-state index in [9.17, 15) is 18.0 Å². The van der Waals surface area contributed by atoms with Gasteiger partial charge in [0.25, 0.3) is 0 Å². The smallest absolute Gasteiger partial charge is 0.307 e. The number of anilines is 2. The normalized spacial score (nSPS) is 11.5. The monoisotopic (exact) mass is 425 g/mol. The molecule has 0 unspecified atom stereocenters. The zero-order chi connectivity index (χ0) is 19.8. The summed E-state index contributed by atoms with van der Waals surface area (Å²) in [5.41, 5.74) is 1.59. The van der Waals surface area contributed by atoms with E-state index in [-0.39, 0.29) is 11.4 Å². The summed E-state index contributed by atoms with van der Waals surface area (Å²) in [6.07, 6.45) is 1.03. The van der Waals surface area contributed by atoms with Gasteiger partial charge < -0.3 is 9.88 Å². The highest BCUT2D eigenvalue weighted by atomic mass is 35.5. The third kappa shape index (κ3) is 4.32. The molecule has 1 N–H and O–H groups in total. The first-order valence-corrected chi connectivity index (χ1v) is 10.8. The molecule has 1 heterocycles. The molecule has 0 saturated heterocycles. The molecule has 2 aromatic carbocycles.